The summed E-state index contributed by atoms with van der Waals surface area (Å²) in [5.74, 6) is -4.95. The van der Waals surface area contributed by atoms with Gasteiger partial charge in [0.25, 0.3) is 0 Å². The zero-order chi connectivity index (χ0) is 31.0. The molecule has 6 aliphatic rings. The summed E-state index contributed by atoms with van der Waals surface area (Å²) < 4.78 is 33.5. The Hall–Kier alpha value is -2.93. The van der Waals surface area contributed by atoms with E-state index in [0.29, 0.717) is 22.3 Å². The molecule has 4 N–H and O–H groups in total. The van der Waals surface area contributed by atoms with Gasteiger partial charge in [0, 0.05) is 23.3 Å². The fourth-order valence-corrected chi connectivity index (χ4v) is 9.24. The lowest BCUT2D eigenvalue weighted by Crippen LogP contribution is -2.76. The Labute approximate surface area is 254 Å². The molecule has 10 heteroatoms. The first-order valence-corrected chi connectivity index (χ1v) is 15.0. The fourth-order valence-electron chi connectivity index (χ4n) is 9.24. The van der Waals surface area contributed by atoms with Crippen molar-refractivity contribution in [2.75, 3.05) is 6.61 Å². The molecule has 3 unspecified atom stereocenters. The van der Waals surface area contributed by atoms with Crippen molar-refractivity contribution in [1.29, 1.82) is 0 Å². The highest BCUT2D eigenvalue weighted by Gasteiger charge is 2.90. The van der Waals surface area contributed by atoms with Crippen molar-refractivity contribution in [1.82, 2.24) is 0 Å². The molecule has 232 valence electrons. The van der Waals surface area contributed by atoms with Gasteiger partial charge in [0.2, 0.25) is 0 Å². The summed E-state index contributed by atoms with van der Waals surface area (Å²) in [5.41, 5.74) is -4.97. The third-order valence-electron chi connectivity index (χ3n) is 11.3. The van der Waals surface area contributed by atoms with Crippen molar-refractivity contribution in [2.24, 2.45) is 17.8 Å². The van der Waals surface area contributed by atoms with E-state index < -0.39 is 89.2 Å². The van der Waals surface area contributed by atoms with Crippen LogP contribution in [0.1, 0.15) is 36.7 Å². The van der Waals surface area contributed by atoms with Crippen LogP contribution in [0.3, 0.4) is 0 Å². The lowest BCUT2D eigenvalue weighted by atomic mass is 9.53. The third-order valence-corrected chi connectivity index (χ3v) is 11.3. The maximum absolute atomic E-state index is 13.7. The first-order valence-electron chi connectivity index (χ1n) is 15.0. The zero-order valence-corrected chi connectivity index (χ0v) is 24.6. The minimum Gasteiger partial charge on any atom is -0.455 e. The highest BCUT2D eigenvalue weighted by atomic mass is 16.9. The lowest BCUT2D eigenvalue weighted by Gasteiger charge is -2.61. The van der Waals surface area contributed by atoms with Gasteiger partial charge in [-0.05, 0) is 37.1 Å². The van der Waals surface area contributed by atoms with E-state index in [1.165, 1.54) is 0 Å². The molecular weight excluding hydrogens is 568 g/mol. The molecule has 13 atom stereocenters. The first kappa shape index (κ1) is 28.5. The molecule has 2 aromatic rings. The minimum atomic E-state index is -2.23. The van der Waals surface area contributed by atoms with Gasteiger partial charge in [0.15, 0.2) is 5.60 Å². The number of fused-ring (bicyclic) bond motifs is 3. The topological polar surface area (TPSA) is 147 Å². The van der Waals surface area contributed by atoms with Crippen molar-refractivity contribution < 1.29 is 48.9 Å². The molecule has 3 aliphatic heterocycles. The second-order valence-electron chi connectivity index (χ2n) is 13.3. The Morgan fingerprint density at radius 3 is 2.30 bits per heavy atom. The second-order valence-corrected chi connectivity index (χ2v) is 13.3. The number of epoxide rings is 1. The first-order chi connectivity index (χ1) is 20.9. The van der Waals surface area contributed by atoms with E-state index in [-0.39, 0.29) is 0 Å². The van der Waals surface area contributed by atoms with E-state index in [2.05, 4.69) is 6.58 Å². The number of ether oxygens (including phenoxy) is 5. The summed E-state index contributed by atoms with van der Waals surface area (Å²) in [6.45, 7) is 9.00. The number of aliphatic hydroxyl groups excluding tert-OH is 3. The molecule has 0 amide bonds. The smallest absolute Gasteiger partial charge is 0.338 e. The van der Waals surface area contributed by atoms with Crippen molar-refractivity contribution in [3.63, 3.8) is 0 Å². The molecule has 0 spiro atoms. The van der Waals surface area contributed by atoms with Crippen LogP contribution in [-0.4, -0.2) is 85.9 Å². The third kappa shape index (κ3) is 3.06. The van der Waals surface area contributed by atoms with Crippen LogP contribution in [0.4, 0.5) is 0 Å². The molecule has 10 nitrogen and oxygen atoms in total. The highest BCUT2D eigenvalue weighted by Crippen LogP contribution is 2.74. The van der Waals surface area contributed by atoms with Crippen molar-refractivity contribution in [2.45, 2.75) is 79.7 Å². The Balaban J connectivity index is 1.40. The van der Waals surface area contributed by atoms with E-state index in [9.17, 15) is 25.2 Å². The molecule has 2 aromatic carbocycles. The average Bonchev–Trinajstić information content (AvgIpc) is 3.65. The summed E-state index contributed by atoms with van der Waals surface area (Å²) in [6.07, 6.45) is -4.28. The van der Waals surface area contributed by atoms with Crippen LogP contribution in [0, 0.1) is 17.8 Å². The predicted molar refractivity (Wildman–Crippen MR) is 153 cm³/mol. The van der Waals surface area contributed by atoms with Crippen molar-refractivity contribution in [3.8, 4) is 0 Å². The maximum atomic E-state index is 13.7. The number of aliphatic hydroxyl groups is 4. The molecule has 44 heavy (non-hydrogen) atoms. The summed E-state index contributed by atoms with van der Waals surface area (Å²) >= 11 is 0. The summed E-state index contributed by atoms with van der Waals surface area (Å²) in [6, 6.07) is 17.7. The highest BCUT2D eigenvalue weighted by molar-refractivity contribution is 5.89. The molecule has 0 radical (unpaired) electrons. The van der Waals surface area contributed by atoms with Crippen LogP contribution in [0.15, 0.2) is 84.5 Å². The molecule has 3 saturated heterocycles. The summed E-state index contributed by atoms with van der Waals surface area (Å²) in [5, 5.41) is 46.5. The molecule has 2 saturated carbocycles. The number of benzene rings is 2. The van der Waals surface area contributed by atoms with Crippen molar-refractivity contribution in [3.05, 3.63) is 95.6 Å². The largest absolute Gasteiger partial charge is 0.455 e. The summed E-state index contributed by atoms with van der Waals surface area (Å²) in [4.78, 5) is 13.7. The van der Waals surface area contributed by atoms with Crippen LogP contribution in [0.2, 0.25) is 0 Å². The van der Waals surface area contributed by atoms with Gasteiger partial charge >= 0.3 is 11.9 Å². The van der Waals surface area contributed by atoms with Crippen LogP contribution >= 0.6 is 0 Å². The maximum Gasteiger partial charge on any atom is 0.338 e. The standard InChI is InChI=1S/C34H36O10/c1-17(2)32-25(40-28(37)20-11-7-5-8-12-20)19(4)33-22-15-18(3)24(36)31(22,39)29(38)30(16-35)26(41-30)23(33)27(32)42-34(43-32,44-33)21-13-9-6-10-14-21/h5-15,19,22-27,29,35-36,38-39H,1,16H2,2-4H3/t19-,22?,23+,24?,25-,26+,27+,29-,30+,31-,32-,33+,34?/m1/s1. The van der Waals surface area contributed by atoms with Crippen LogP contribution < -0.4 is 0 Å². The molecule has 3 bridgehead atoms. The van der Waals surface area contributed by atoms with E-state index in [0.717, 1.165) is 0 Å². The Morgan fingerprint density at radius 2 is 1.66 bits per heavy atom. The SMILES string of the molecule is C=C(C)[C@]12OC3(c4ccccc4)O[C@H]1[C@@H]1[C@@H]4O[C@]4(CO)[C@@H](O)[C@]4(O)C(O)C(C)=CC4[C@@]1(O3)[C@H](C)[C@H]2OC(=O)c1ccccc1. The number of esters is 1. The van der Waals surface area contributed by atoms with Gasteiger partial charge in [-0.2, -0.15) is 0 Å². The van der Waals surface area contributed by atoms with Gasteiger partial charge in [-0.15, -0.1) is 0 Å². The molecule has 0 aromatic heterocycles. The van der Waals surface area contributed by atoms with Gasteiger partial charge in [0.1, 0.15) is 41.7 Å². The van der Waals surface area contributed by atoms with E-state index in [1.54, 1.807) is 62.4 Å². The number of rotatable bonds is 5. The van der Waals surface area contributed by atoms with Gasteiger partial charge in [-0.3, -0.25) is 0 Å². The van der Waals surface area contributed by atoms with Crippen LogP contribution in [0.25, 0.3) is 0 Å². The van der Waals surface area contributed by atoms with Gasteiger partial charge in [0.05, 0.1) is 17.8 Å². The molecule has 8 rings (SSSR count). The van der Waals surface area contributed by atoms with E-state index in [1.807, 2.05) is 25.1 Å². The molecule has 3 heterocycles. The minimum absolute atomic E-state index is 0.335. The quantitative estimate of drug-likeness (QED) is 0.227. The Kier molecular flexibility index (Phi) is 5.75. The average molecular weight is 605 g/mol. The normalized spacial score (nSPS) is 49.3. The van der Waals surface area contributed by atoms with E-state index in [4.69, 9.17) is 23.7 Å². The monoisotopic (exact) mass is 604 g/mol. The lowest BCUT2D eigenvalue weighted by molar-refractivity contribution is -0.442. The second kappa shape index (κ2) is 8.86. The van der Waals surface area contributed by atoms with E-state index >= 15 is 0 Å². The fraction of sp³-hybridized carbons (Fsp3) is 0.500. The van der Waals surface area contributed by atoms with Crippen LogP contribution in [0.5, 0.6) is 0 Å². The van der Waals surface area contributed by atoms with Gasteiger partial charge in [-0.1, -0.05) is 68.1 Å². The van der Waals surface area contributed by atoms with Gasteiger partial charge in [-0.25, -0.2) is 4.79 Å². The number of carbonyl (C=O) groups is 1. The Morgan fingerprint density at radius 1 is 1.00 bits per heavy atom. The van der Waals surface area contributed by atoms with Crippen LogP contribution in [-0.2, 0) is 29.7 Å². The predicted octanol–water partition coefficient (Wildman–Crippen LogP) is 1.96. The number of carbonyl (C=O) groups excluding carboxylic acids is 1. The molecule has 5 fully saturated rings. The zero-order valence-electron chi connectivity index (χ0n) is 24.6. The molecular formula is C34H36O10. The number of hydrogen-bond donors (Lipinski definition) is 4. The Bertz CT molecular complexity index is 1580. The van der Waals surface area contributed by atoms with Crippen molar-refractivity contribution >= 4 is 5.97 Å². The van der Waals surface area contributed by atoms with Gasteiger partial charge < -0.3 is 44.1 Å². The summed E-state index contributed by atoms with van der Waals surface area (Å²) in [7, 11) is 0. The molecule has 3 aliphatic carbocycles. The number of hydrogen-bond acceptors (Lipinski definition) is 10.